The Balaban J connectivity index is 2.05. The zero-order chi connectivity index (χ0) is 13.7. The van der Waals surface area contributed by atoms with E-state index in [1.807, 2.05) is 29.6 Å². The molecule has 0 fully saturated rings. The fourth-order valence-corrected chi connectivity index (χ4v) is 2.35. The molecule has 0 bridgehead atoms. The van der Waals surface area contributed by atoms with E-state index in [9.17, 15) is 4.79 Å². The predicted molar refractivity (Wildman–Crippen MR) is 76.5 cm³/mol. The molecule has 2 rings (SSSR count). The first-order valence-electron chi connectivity index (χ1n) is 6.11. The van der Waals surface area contributed by atoms with Crippen LogP contribution in [0.4, 0.5) is 0 Å². The number of methoxy groups -OCH3 is 1. The number of thiophene rings is 1. The molecule has 0 saturated heterocycles. The molecule has 2 aromatic rings. The summed E-state index contributed by atoms with van der Waals surface area (Å²) in [4.78, 5) is 12.6. The van der Waals surface area contributed by atoms with Crippen molar-refractivity contribution >= 4 is 17.1 Å². The van der Waals surface area contributed by atoms with Crippen molar-refractivity contribution in [2.45, 2.75) is 13.3 Å². The first kappa shape index (κ1) is 13.6. The van der Waals surface area contributed by atoms with E-state index in [2.05, 4.69) is 6.92 Å². The van der Waals surface area contributed by atoms with Crippen molar-refractivity contribution in [1.29, 1.82) is 0 Å². The Morgan fingerprint density at radius 1 is 1.26 bits per heavy atom. The number of ether oxygens (including phenoxy) is 2. The second-order valence-electron chi connectivity index (χ2n) is 4.03. The number of hydrogen-bond acceptors (Lipinski definition) is 4. The molecule has 0 saturated carbocycles. The summed E-state index contributed by atoms with van der Waals surface area (Å²) in [7, 11) is 1.60. The maximum Gasteiger partial charge on any atom is 0.210 e. The molecule has 0 aliphatic rings. The standard InChI is InChI=1S/C15H16O3S/c1-3-11-6-7-13(14(9-11)17-2)18-10-12(16)15-5-4-8-19-15/h4-9H,3,10H2,1-2H3. The number of aryl methyl sites for hydroxylation is 1. The molecular formula is C15H16O3S. The highest BCUT2D eigenvalue weighted by atomic mass is 32.1. The van der Waals surface area contributed by atoms with E-state index in [-0.39, 0.29) is 12.4 Å². The zero-order valence-corrected chi connectivity index (χ0v) is 11.8. The second kappa shape index (κ2) is 6.38. The molecule has 1 aromatic carbocycles. The van der Waals surface area contributed by atoms with E-state index < -0.39 is 0 Å². The molecule has 0 radical (unpaired) electrons. The Bertz CT molecular complexity index is 547. The summed E-state index contributed by atoms with van der Waals surface area (Å²) in [6.07, 6.45) is 0.935. The number of Topliss-reactive ketones (excluding diaryl/α,β-unsaturated/α-hetero) is 1. The molecule has 0 N–H and O–H groups in total. The highest BCUT2D eigenvalue weighted by molar-refractivity contribution is 7.12. The Hall–Kier alpha value is -1.81. The first-order chi connectivity index (χ1) is 9.24. The number of benzene rings is 1. The molecule has 0 spiro atoms. The zero-order valence-electron chi connectivity index (χ0n) is 11.0. The highest BCUT2D eigenvalue weighted by Crippen LogP contribution is 2.28. The van der Waals surface area contributed by atoms with Crippen LogP contribution in [0.5, 0.6) is 11.5 Å². The van der Waals surface area contributed by atoms with Crippen LogP contribution in [0.2, 0.25) is 0 Å². The van der Waals surface area contributed by atoms with Gasteiger partial charge in [-0.05, 0) is 35.6 Å². The lowest BCUT2D eigenvalue weighted by atomic mass is 10.1. The number of ketones is 1. The summed E-state index contributed by atoms with van der Waals surface area (Å²) in [5.41, 5.74) is 1.17. The molecule has 0 atom stereocenters. The fraction of sp³-hybridized carbons (Fsp3) is 0.267. The predicted octanol–water partition coefficient (Wildman–Crippen LogP) is 3.58. The average Bonchev–Trinajstić information content (AvgIpc) is 2.98. The smallest absolute Gasteiger partial charge is 0.210 e. The van der Waals surface area contributed by atoms with E-state index in [0.717, 1.165) is 6.42 Å². The molecular weight excluding hydrogens is 260 g/mol. The van der Waals surface area contributed by atoms with Gasteiger partial charge in [0.1, 0.15) is 0 Å². The minimum Gasteiger partial charge on any atom is -0.493 e. The summed E-state index contributed by atoms with van der Waals surface area (Å²) in [5, 5.41) is 1.88. The van der Waals surface area contributed by atoms with Gasteiger partial charge in [0.15, 0.2) is 18.1 Å². The third-order valence-electron chi connectivity index (χ3n) is 2.79. The normalized spacial score (nSPS) is 10.2. The van der Waals surface area contributed by atoms with Crippen LogP contribution in [0.1, 0.15) is 22.2 Å². The Morgan fingerprint density at radius 2 is 2.11 bits per heavy atom. The third-order valence-corrected chi connectivity index (χ3v) is 3.70. The van der Waals surface area contributed by atoms with E-state index in [0.29, 0.717) is 16.4 Å². The monoisotopic (exact) mass is 276 g/mol. The van der Waals surface area contributed by atoms with Gasteiger partial charge in [0.2, 0.25) is 5.78 Å². The minimum atomic E-state index is -0.0170. The molecule has 0 aliphatic heterocycles. The first-order valence-corrected chi connectivity index (χ1v) is 6.99. The van der Waals surface area contributed by atoms with E-state index in [4.69, 9.17) is 9.47 Å². The summed E-state index contributed by atoms with van der Waals surface area (Å²) < 4.78 is 10.8. The van der Waals surface area contributed by atoms with Crippen LogP contribution >= 0.6 is 11.3 Å². The molecule has 1 heterocycles. The van der Waals surface area contributed by atoms with Gasteiger partial charge >= 0.3 is 0 Å². The van der Waals surface area contributed by atoms with Gasteiger partial charge in [-0.3, -0.25) is 4.79 Å². The summed E-state index contributed by atoms with van der Waals surface area (Å²) >= 11 is 1.42. The highest BCUT2D eigenvalue weighted by Gasteiger charge is 2.10. The Morgan fingerprint density at radius 3 is 2.74 bits per heavy atom. The van der Waals surface area contributed by atoms with E-state index in [1.54, 1.807) is 13.2 Å². The molecule has 19 heavy (non-hydrogen) atoms. The van der Waals surface area contributed by atoms with Crippen molar-refractivity contribution in [1.82, 2.24) is 0 Å². The van der Waals surface area contributed by atoms with Gasteiger partial charge in [0.05, 0.1) is 12.0 Å². The van der Waals surface area contributed by atoms with Crippen LogP contribution in [0.3, 0.4) is 0 Å². The van der Waals surface area contributed by atoms with Gasteiger partial charge in [-0.1, -0.05) is 19.1 Å². The summed E-state index contributed by atoms with van der Waals surface area (Å²) in [6.45, 7) is 2.11. The van der Waals surface area contributed by atoms with Crippen molar-refractivity contribution in [2.24, 2.45) is 0 Å². The lowest BCUT2D eigenvalue weighted by molar-refractivity contribution is 0.0923. The molecule has 0 amide bonds. The molecule has 0 unspecified atom stereocenters. The third kappa shape index (κ3) is 3.35. The number of rotatable bonds is 6. The van der Waals surface area contributed by atoms with Crippen molar-refractivity contribution in [3.63, 3.8) is 0 Å². The van der Waals surface area contributed by atoms with Crippen LogP contribution in [0.25, 0.3) is 0 Å². The minimum absolute atomic E-state index is 0.0170. The van der Waals surface area contributed by atoms with Gasteiger partial charge in [0, 0.05) is 0 Å². The van der Waals surface area contributed by atoms with Gasteiger partial charge in [-0.15, -0.1) is 11.3 Å². The van der Waals surface area contributed by atoms with Crippen LogP contribution in [0.15, 0.2) is 35.7 Å². The second-order valence-corrected chi connectivity index (χ2v) is 4.98. The lowest BCUT2D eigenvalue weighted by Crippen LogP contribution is -2.10. The molecule has 100 valence electrons. The Kier molecular flexibility index (Phi) is 4.58. The number of carbonyl (C=O) groups is 1. The van der Waals surface area contributed by atoms with E-state index in [1.165, 1.54) is 16.9 Å². The van der Waals surface area contributed by atoms with Gasteiger partial charge in [-0.25, -0.2) is 0 Å². The number of carbonyl (C=O) groups excluding carboxylic acids is 1. The van der Waals surface area contributed by atoms with Crippen LogP contribution in [-0.2, 0) is 6.42 Å². The Labute approximate surface area is 116 Å². The van der Waals surface area contributed by atoms with Gasteiger partial charge < -0.3 is 9.47 Å². The van der Waals surface area contributed by atoms with Gasteiger partial charge in [-0.2, -0.15) is 0 Å². The van der Waals surface area contributed by atoms with Crippen LogP contribution < -0.4 is 9.47 Å². The maximum atomic E-state index is 11.8. The number of hydrogen-bond donors (Lipinski definition) is 0. The summed E-state index contributed by atoms with van der Waals surface area (Å²) in [5.74, 6) is 1.25. The molecule has 4 heteroatoms. The molecule has 3 nitrogen and oxygen atoms in total. The van der Waals surface area contributed by atoms with Gasteiger partial charge in [0.25, 0.3) is 0 Å². The molecule has 1 aromatic heterocycles. The fourth-order valence-electron chi connectivity index (χ4n) is 1.70. The lowest BCUT2D eigenvalue weighted by Gasteiger charge is -2.11. The van der Waals surface area contributed by atoms with Crippen molar-refractivity contribution in [3.05, 3.63) is 46.2 Å². The quantitative estimate of drug-likeness (QED) is 0.756. The maximum absolute atomic E-state index is 11.8. The van der Waals surface area contributed by atoms with Crippen molar-refractivity contribution < 1.29 is 14.3 Å². The van der Waals surface area contributed by atoms with Crippen LogP contribution in [0, 0.1) is 0 Å². The van der Waals surface area contributed by atoms with E-state index >= 15 is 0 Å². The SMILES string of the molecule is CCc1ccc(OCC(=O)c2cccs2)c(OC)c1. The molecule has 0 aliphatic carbocycles. The average molecular weight is 276 g/mol. The van der Waals surface area contributed by atoms with Crippen molar-refractivity contribution in [2.75, 3.05) is 13.7 Å². The topological polar surface area (TPSA) is 35.5 Å². The van der Waals surface area contributed by atoms with Crippen LogP contribution in [-0.4, -0.2) is 19.5 Å². The largest absolute Gasteiger partial charge is 0.493 e. The summed E-state index contributed by atoms with van der Waals surface area (Å²) in [6, 6.07) is 9.42. The van der Waals surface area contributed by atoms with Crippen molar-refractivity contribution in [3.8, 4) is 11.5 Å².